The van der Waals surface area contributed by atoms with Crippen LogP contribution in [0.25, 0.3) is 0 Å². The van der Waals surface area contributed by atoms with Gasteiger partial charge in [0.15, 0.2) is 0 Å². The van der Waals surface area contributed by atoms with Crippen LogP contribution in [0.4, 0.5) is 0 Å². The van der Waals surface area contributed by atoms with Gasteiger partial charge in [0.05, 0.1) is 16.1 Å². The molecule has 1 fully saturated rings. The van der Waals surface area contributed by atoms with Gasteiger partial charge in [-0.25, -0.2) is 13.1 Å². The van der Waals surface area contributed by atoms with E-state index < -0.39 is 33.9 Å². The van der Waals surface area contributed by atoms with Crippen molar-refractivity contribution in [3.05, 3.63) is 22.7 Å². The van der Waals surface area contributed by atoms with Crippen molar-refractivity contribution in [1.29, 1.82) is 0 Å². The van der Waals surface area contributed by atoms with E-state index in [0.717, 1.165) is 0 Å². The van der Waals surface area contributed by atoms with E-state index in [4.69, 9.17) is 20.9 Å². The van der Waals surface area contributed by atoms with Crippen molar-refractivity contribution in [3.8, 4) is 0 Å². The summed E-state index contributed by atoms with van der Waals surface area (Å²) in [5.41, 5.74) is -0.457. The topological polar surface area (TPSA) is 64.6 Å². The van der Waals surface area contributed by atoms with Gasteiger partial charge in [-0.1, -0.05) is 17.7 Å². The average Bonchev–Trinajstić information content (AvgIpc) is 2.58. The first kappa shape index (κ1) is 20.7. The molecule has 25 heavy (non-hydrogen) atoms. The number of rotatable bonds is 3. The van der Waals surface area contributed by atoms with E-state index in [1.165, 1.54) is 0 Å². The molecule has 0 aliphatic carbocycles. The van der Waals surface area contributed by atoms with Gasteiger partial charge in [-0.2, -0.15) is 0 Å². The third-order valence-electron chi connectivity index (χ3n) is 4.60. The highest BCUT2D eigenvalue weighted by Gasteiger charge is 2.52. The van der Waals surface area contributed by atoms with E-state index in [1.807, 2.05) is 27.7 Å². The standard InChI is InChI=1S/C17H27BClNO4S/c1-11-13(25(21,22)20-15(2,3)4)10-9-12(14(11)19)18-23-16(5,6)17(7,8)24-18/h9-10,20H,1-8H3. The fourth-order valence-corrected chi connectivity index (χ4v) is 4.57. The zero-order valence-electron chi connectivity index (χ0n) is 16.2. The van der Waals surface area contributed by atoms with Gasteiger partial charge in [0.25, 0.3) is 0 Å². The average molecular weight is 388 g/mol. The van der Waals surface area contributed by atoms with Gasteiger partial charge in [-0.3, -0.25) is 0 Å². The molecule has 0 bridgehead atoms. The van der Waals surface area contributed by atoms with Crippen molar-refractivity contribution < 1.29 is 17.7 Å². The van der Waals surface area contributed by atoms with Crippen LogP contribution in [0.5, 0.6) is 0 Å². The maximum absolute atomic E-state index is 12.6. The summed E-state index contributed by atoms with van der Waals surface area (Å²) in [6.45, 7) is 14.9. The first-order valence-corrected chi connectivity index (χ1v) is 10.1. The molecule has 0 aromatic heterocycles. The lowest BCUT2D eigenvalue weighted by molar-refractivity contribution is 0.00578. The third-order valence-corrected chi connectivity index (χ3v) is 7.01. The van der Waals surface area contributed by atoms with Crippen molar-refractivity contribution in [2.75, 3.05) is 0 Å². The van der Waals surface area contributed by atoms with Gasteiger partial charge in [0, 0.05) is 16.0 Å². The fourth-order valence-electron chi connectivity index (χ4n) is 2.59. The molecule has 0 radical (unpaired) electrons. The minimum atomic E-state index is -3.67. The summed E-state index contributed by atoms with van der Waals surface area (Å²) in [6, 6.07) is 3.21. The van der Waals surface area contributed by atoms with Crippen molar-refractivity contribution in [2.45, 2.75) is 77.0 Å². The van der Waals surface area contributed by atoms with E-state index in [2.05, 4.69) is 4.72 Å². The van der Waals surface area contributed by atoms with E-state index in [0.29, 0.717) is 16.0 Å². The summed E-state index contributed by atoms with van der Waals surface area (Å²) in [4.78, 5) is 0.160. The second-order valence-corrected chi connectivity index (χ2v) is 10.6. The Bertz CT molecular complexity index is 769. The Kier molecular flexibility index (Phi) is 5.17. The lowest BCUT2D eigenvalue weighted by Gasteiger charge is -2.32. The molecule has 0 amide bonds. The van der Waals surface area contributed by atoms with Crippen LogP contribution >= 0.6 is 11.6 Å². The molecule has 2 rings (SSSR count). The Morgan fingerprint density at radius 1 is 1.08 bits per heavy atom. The fraction of sp³-hybridized carbons (Fsp3) is 0.647. The van der Waals surface area contributed by atoms with Crippen LogP contribution in [0.2, 0.25) is 5.02 Å². The molecule has 1 heterocycles. The molecule has 0 unspecified atom stereocenters. The third kappa shape index (κ3) is 4.06. The molecule has 1 aromatic rings. The molecule has 0 spiro atoms. The Hall–Kier alpha value is -0.595. The minimum absolute atomic E-state index is 0.160. The van der Waals surface area contributed by atoms with E-state index >= 15 is 0 Å². The monoisotopic (exact) mass is 387 g/mol. The van der Waals surface area contributed by atoms with Gasteiger partial charge in [0.1, 0.15) is 0 Å². The Balaban J connectivity index is 2.43. The summed E-state index contributed by atoms with van der Waals surface area (Å²) in [6.07, 6.45) is 0. The van der Waals surface area contributed by atoms with Gasteiger partial charge >= 0.3 is 7.12 Å². The van der Waals surface area contributed by atoms with Crippen LogP contribution in [0.1, 0.15) is 54.0 Å². The first-order valence-electron chi connectivity index (χ1n) is 8.26. The summed E-state index contributed by atoms with van der Waals surface area (Å²) in [7, 11) is -4.31. The zero-order valence-corrected chi connectivity index (χ0v) is 17.7. The Morgan fingerprint density at radius 3 is 2.00 bits per heavy atom. The molecule has 1 aliphatic heterocycles. The van der Waals surface area contributed by atoms with Gasteiger partial charge < -0.3 is 9.31 Å². The normalized spacial score (nSPS) is 20.1. The lowest BCUT2D eigenvalue weighted by Crippen LogP contribution is -2.41. The number of hydrogen-bond donors (Lipinski definition) is 1. The molecule has 5 nitrogen and oxygen atoms in total. The molecule has 0 atom stereocenters. The maximum Gasteiger partial charge on any atom is 0.496 e. The second kappa shape index (κ2) is 6.24. The van der Waals surface area contributed by atoms with E-state index in [9.17, 15) is 8.42 Å². The van der Waals surface area contributed by atoms with Crippen LogP contribution in [0, 0.1) is 6.92 Å². The summed E-state index contributed by atoms with van der Waals surface area (Å²) < 4.78 is 39.9. The maximum atomic E-state index is 12.6. The number of halogens is 1. The van der Waals surface area contributed by atoms with Crippen molar-refractivity contribution in [2.24, 2.45) is 0 Å². The van der Waals surface area contributed by atoms with Crippen LogP contribution < -0.4 is 10.2 Å². The SMILES string of the molecule is Cc1c(S(=O)(=O)NC(C)(C)C)ccc(B2OC(C)(C)C(C)(C)O2)c1Cl. The Morgan fingerprint density at radius 2 is 1.56 bits per heavy atom. The van der Waals surface area contributed by atoms with Crippen LogP contribution in [-0.4, -0.2) is 32.3 Å². The summed E-state index contributed by atoms with van der Waals surface area (Å²) >= 11 is 6.49. The molecule has 140 valence electrons. The minimum Gasteiger partial charge on any atom is -0.399 e. The van der Waals surface area contributed by atoms with Crippen LogP contribution in [0.15, 0.2) is 17.0 Å². The van der Waals surface area contributed by atoms with Gasteiger partial charge in [-0.15, -0.1) is 0 Å². The number of sulfonamides is 1. The predicted octanol–water partition coefficient (Wildman–Crippen LogP) is 3.02. The van der Waals surface area contributed by atoms with E-state index in [-0.39, 0.29) is 4.90 Å². The molecule has 1 N–H and O–H groups in total. The predicted molar refractivity (Wildman–Crippen MR) is 102 cm³/mol. The van der Waals surface area contributed by atoms with Crippen molar-refractivity contribution >= 4 is 34.2 Å². The van der Waals surface area contributed by atoms with Gasteiger partial charge in [0.2, 0.25) is 10.0 Å². The highest BCUT2D eigenvalue weighted by atomic mass is 35.5. The molecule has 1 aromatic carbocycles. The summed E-state index contributed by atoms with van der Waals surface area (Å²) in [5.74, 6) is 0. The first-order chi connectivity index (χ1) is 11.1. The number of benzene rings is 1. The molecule has 8 heteroatoms. The molecular weight excluding hydrogens is 361 g/mol. The molecule has 1 aliphatic rings. The largest absolute Gasteiger partial charge is 0.496 e. The number of hydrogen-bond acceptors (Lipinski definition) is 4. The van der Waals surface area contributed by atoms with E-state index in [1.54, 1.807) is 39.8 Å². The zero-order chi connectivity index (χ0) is 19.4. The van der Waals surface area contributed by atoms with Gasteiger partial charge in [-0.05, 0) is 67.0 Å². The lowest BCUT2D eigenvalue weighted by atomic mass is 9.78. The summed E-state index contributed by atoms with van der Waals surface area (Å²) in [5, 5.41) is 0.343. The highest BCUT2D eigenvalue weighted by Crippen LogP contribution is 2.37. The number of nitrogens with one attached hydrogen (secondary N) is 1. The highest BCUT2D eigenvalue weighted by molar-refractivity contribution is 7.89. The molecule has 0 saturated carbocycles. The van der Waals surface area contributed by atoms with Crippen molar-refractivity contribution in [3.63, 3.8) is 0 Å². The Labute approximate surface area is 156 Å². The van der Waals surface area contributed by atoms with Crippen LogP contribution in [0.3, 0.4) is 0 Å². The smallest absolute Gasteiger partial charge is 0.399 e. The van der Waals surface area contributed by atoms with Crippen LogP contribution in [-0.2, 0) is 19.3 Å². The second-order valence-electron chi connectivity index (χ2n) is 8.54. The molecular formula is C17H27BClNO4S. The van der Waals surface area contributed by atoms with Crippen molar-refractivity contribution in [1.82, 2.24) is 4.72 Å². The molecule has 1 saturated heterocycles. The quantitative estimate of drug-likeness (QED) is 0.810.